The van der Waals surface area contributed by atoms with Gasteiger partial charge < -0.3 is 10.1 Å². The molecule has 28 heavy (non-hydrogen) atoms. The first-order valence-electron chi connectivity index (χ1n) is 7.56. The first kappa shape index (κ1) is 19.8. The lowest BCUT2D eigenvalue weighted by Gasteiger charge is -2.21. The SMILES string of the molecule is O=c1[nH]c(-c2ccn[nH]2)nc(C(F)(F)C(F)(F)F)c1Cc1ccc(O)c(Cl)c1. The monoisotopic (exact) mass is 420 g/mol. The zero-order valence-electron chi connectivity index (χ0n) is 13.6. The largest absolute Gasteiger partial charge is 0.506 e. The average molecular weight is 421 g/mol. The Morgan fingerprint density at radius 2 is 1.86 bits per heavy atom. The molecule has 0 unspecified atom stereocenters. The molecular weight excluding hydrogens is 411 g/mol. The van der Waals surface area contributed by atoms with E-state index in [0.29, 0.717) is 0 Å². The molecule has 0 fully saturated rings. The number of rotatable bonds is 4. The summed E-state index contributed by atoms with van der Waals surface area (Å²) < 4.78 is 67.2. The lowest BCUT2D eigenvalue weighted by atomic mass is 10.0. The summed E-state index contributed by atoms with van der Waals surface area (Å²) in [5.41, 5.74) is -3.70. The summed E-state index contributed by atoms with van der Waals surface area (Å²) in [6, 6.07) is 4.75. The molecule has 148 valence electrons. The van der Waals surface area contributed by atoms with Crippen LogP contribution in [0.5, 0.6) is 5.75 Å². The van der Waals surface area contributed by atoms with Crippen LogP contribution < -0.4 is 5.56 Å². The van der Waals surface area contributed by atoms with E-state index in [2.05, 4.69) is 20.2 Å². The quantitative estimate of drug-likeness (QED) is 0.560. The second-order valence-electron chi connectivity index (χ2n) is 5.75. The van der Waals surface area contributed by atoms with Gasteiger partial charge in [0.05, 0.1) is 5.02 Å². The molecule has 0 saturated carbocycles. The molecule has 12 heteroatoms. The first-order valence-corrected chi connectivity index (χ1v) is 7.94. The van der Waals surface area contributed by atoms with Crippen LogP contribution in [0.1, 0.15) is 16.8 Å². The van der Waals surface area contributed by atoms with Crippen LogP contribution in [0.4, 0.5) is 22.0 Å². The molecule has 0 radical (unpaired) electrons. The minimum Gasteiger partial charge on any atom is -0.506 e. The van der Waals surface area contributed by atoms with Crippen molar-refractivity contribution in [2.75, 3.05) is 0 Å². The Bertz CT molecular complexity index is 1060. The van der Waals surface area contributed by atoms with Gasteiger partial charge in [0.15, 0.2) is 5.82 Å². The molecular formula is C16H10ClF5N4O2. The van der Waals surface area contributed by atoms with Crippen molar-refractivity contribution in [1.82, 2.24) is 20.2 Å². The summed E-state index contributed by atoms with van der Waals surface area (Å²) in [5.74, 6) is -6.21. The molecule has 2 aromatic heterocycles. The summed E-state index contributed by atoms with van der Waals surface area (Å²) in [7, 11) is 0. The minimum atomic E-state index is -5.97. The van der Waals surface area contributed by atoms with Crippen LogP contribution in [-0.4, -0.2) is 31.4 Å². The van der Waals surface area contributed by atoms with Crippen LogP contribution in [0.25, 0.3) is 11.5 Å². The standard InChI is InChI=1S/C16H10ClF5N4O2/c17-9-6-7(1-2-11(9)27)5-8-12(15(18,19)16(20,21)22)24-13(25-14(8)28)10-3-4-23-26-10/h1-4,6,27H,5H2,(H,23,26)(H,24,25,28). The second kappa shape index (κ2) is 6.89. The van der Waals surface area contributed by atoms with E-state index < -0.39 is 41.2 Å². The number of aromatic hydroxyl groups is 1. The van der Waals surface area contributed by atoms with Gasteiger partial charge in [-0.05, 0) is 23.8 Å². The number of nitrogens with zero attached hydrogens (tertiary/aromatic N) is 2. The van der Waals surface area contributed by atoms with Crippen molar-refractivity contribution in [2.45, 2.75) is 18.5 Å². The molecule has 0 aliphatic carbocycles. The summed E-state index contributed by atoms with van der Waals surface area (Å²) in [6.07, 6.45) is -5.38. The third-order valence-electron chi connectivity index (χ3n) is 3.82. The van der Waals surface area contributed by atoms with Gasteiger partial charge >= 0.3 is 12.1 Å². The van der Waals surface area contributed by atoms with Gasteiger partial charge in [0.2, 0.25) is 0 Å². The number of nitrogens with one attached hydrogen (secondary N) is 2. The maximum atomic E-state index is 14.1. The van der Waals surface area contributed by atoms with Crippen molar-refractivity contribution in [3.8, 4) is 17.3 Å². The van der Waals surface area contributed by atoms with Crippen LogP contribution in [0.3, 0.4) is 0 Å². The van der Waals surface area contributed by atoms with E-state index in [1.54, 1.807) is 0 Å². The lowest BCUT2D eigenvalue weighted by Crippen LogP contribution is -2.38. The Kier molecular flexibility index (Phi) is 4.88. The minimum absolute atomic E-state index is 0.0458. The van der Waals surface area contributed by atoms with Crippen molar-refractivity contribution in [3.63, 3.8) is 0 Å². The predicted octanol–water partition coefficient (Wildman–Crippen LogP) is 3.76. The van der Waals surface area contributed by atoms with Crippen molar-refractivity contribution >= 4 is 11.6 Å². The summed E-state index contributed by atoms with van der Waals surface area (Å²) in [4.78, 5) is 17.9. The second-order valence-corrected chi connectivity index (χ2v) is 6.15. The normalized spacial score (nSPS) is 12.4. The van der Waals surface area contributed by atoms with E-state index in [4.69, 9.17) is 11.6 Å². The van der Waals surface area contributed by atoms with Gasteiger partial charge in [-0.1, -0.05) is 17.7 Å². The number of aromatic amines is 2. The van der Waals surface area contributed by atoms with Crippen molar-refractivity contribution in [1.29, 1.82) is 0 Å². The summed E-state index contributed by atoms with van der Waals surface area (Å²) >= 11 is 5.72. The molecule has 3 rings (SSSR count). The van der Waals surface area contributed by atoms with Crippen LogP contribution in [0.15, 0.2) is 35.3 Å². The average Bonchev–Trinajstić information content (AvgIpc) is 3.13. The Morgan fingerprint density at radius 3 is 2.43 bits per heavy atom. The fourth-order valence-electron chi connectivity index (χ4n) is 2.44. The smallest absolute Gasteiger partial charge is 0.459 e. The first-order chi connectivity index (χ1) is 13.0. The number of phenols is 1. The van der Waals surface area contributed by atoms with Gasteiger partial charge in [-0.3, -0.25) is 9.89 Å². The van der Waals surface area contributed by atoms with Gasteiger partial charge in [-0.25, -0.2) is 4.98 Å². The van der Waals surface area contributed by atoms with Crippen molar-refractivity contribution in [3.05, 3.63) is 62.7 Å². The van der Waals surface area contributed by atoms with Crippen LogP contribution >= 0.6 is 11.6 Å². The fourth-order valence-corrected chi connectivity index (χ4v) is 2.64. The van der Waals surface area contributed by atoms with Crippen LogP contribution in [-0.2, 0) is 12.3 Å². The molecule has 3 N–H and O–H groups in total. The highest BCUT2D eigenvalue weighted by Crippen LogP contribution is 2.44. The number of halogens is 6. The zero-order chi connectivity index (χ0) is 20.7. The number of hydrogen-bond donors (Lipinski definition) is 3. The summed E-state index contributed by atoms with van der Waals surface area (Å²) in [5, 5.41) is 15.1. The van der Waals surface area contributed by atoms with E-state index in [1.807, 2.05) is 0 Å². The number of aromatic nitrogens is 4. The van der Waals surface area contributed by atoms with Crippen LogP contribution in [0, 0.1) is 0 Å². The molecule has 1 aromatic carbocycles. The Hall–Kier alpha value is -2.95. The molecule has 0 bridgehead atoms. The number of H-pyrrole nitrogens is 2. The highest BCUT2D eigenvalue weighted by Gasteiger charge is 2.61. The molecule has 0 spiro atoms. The topological polar surface area (TPSA) is 94.7 Å². The molecule has 0 aliphatic heterocycles. The molecule has 0 atom stereocenters. The van der Waals surface area contributed by atoms with Crippen molar-refractivity contribution < 1.29 is 27.1 Å². The van der Waals surface area contributed by atoms with Crippen molar-refractivity contribution in [2.24, 2.45) is 0 Å². The maximum Gasteiger partial charge on any atom is 0.459 e. The number of benzene rings is 1. The predicted molar refractivity (Wildman–Crippen MR) is 88.3 cm³/mol. The highest BCUT2D eigenvalue weighted by molar-refractivity contribution is 6.32. The molecule has 6 nitrogen and oxygen atoms in total. The van der Waals surface area contributed by atoms with E-state index in [0.717, 1.165) is 12.1 Å². The number of hydrogen-bond acceptors (Lipinski definition) is 4. The van der Waals surface area contributed by atoms with Gasteiger partial charge in [-0.15, -0.1) is 0 Å². The van der Waals surface area contributed by atoms with Gasteiger partial charge in [-0.2, -0.15) is 27.1 Å². The molecule has 0 amide bonds. The maximum absolute atomic E-state index is 14.1. The third kappa shape index (κ3) is 3.57. The lowest BCUT2D eigenvalue weighted by molar-refractivity contribution is -0.291. The van der Waals surface area contributed by atoms with Gasteiger partial charge in [0.1, 0.15) is 17.1 Å². The third-order valence-corrected chi connectivity index (χ3v) is 4.12. The van der Waals surface area contributed by atoms with Gasteiger partial charge in [0.25, 0.3) is 5.56 Å². The van der Waals surface area contributed by atoms with E-state index in [1.165, 1.54) is 18.3 Å². The van der Waals surface area contributed by atoms with E-state index in [9.17, 15) is 31.9 Å². The molecule has 2 heterocycles. The zero-order valence-corrected chi connectivity index (χ0v) is 14.4. The van der Waals surface area contributed by atoms with Gasteiger partial charge in [0, 0.05) is 18.2 Å². The Morgan fingerprint density at radius 1 is 1.14 bits per heavy atom. The Labute approximate surface area is 158 Å². The van der Waals surface area contributed by atoms with E-state index in [-0.39, 0.29) is 22.0 Å². The number of alkyl halides is 5. The summed E-state index contributed by atoms with van der Waals surface area (Å²) in [6.45, 7) is 0. The molecule has 0 aliphatic rings. The highest BCUT2D eigenvalue weighted by atomic mass is 35.5. The van der Waals surface area contributed by atoms with E-state index >= 15 is 0 Å². The molecule has 3 aromatic rings. The van der Waals surface area contributed by atoms with Crippen LogP contribution in [0.2, 0.25) is 5.02 Å². The molecule has 0 saturated heterocycles. The number of phenolic OH excluding ortho intramolecular Hbond substituents is 1. The Balaban J connectivity index is 2.20. The fraction of sp³-hybridized carbons (Fsp3) is 0.188.